The maximum Gasteiger partial charge on any atom is 0.228 e. The lowest BCUT2D eigenvalue weighted by Gasteiger charge is -2.34. The molecule has 0 aliphatic carbocycles. The Morgan fingerprint density at radius 2 is 1.84 bits per heavy atom. The zero-order chi connectivity index (χ0) is 17.4. The number of hydrogen-bond acceptors (Lipinski definition) is 1. The van der Waals surface area contributed by atoms with Crippen LogP contribution in [0.5, 0.6) is 0 Å². The quantitative estimate of drug-likeness (QED) is 0.599. The number of amides is 1. The molecule has 3 heteroatoms. The number of fused-ring (bicyclic) bond motifs is 3. The van der Waals surface area contributed by atoms with E-state index in [0.717, 1.165) is 27.6 Å². The van der Waals surface area contributed by atoms with Crippen molar-refractivity contribution in [2.24, 2.45) is 0 Å². The first-order valence-corrected chi connectivity index (χ1v) is 8.58. The van der Waals surface area contributed by atoms with Crippen LogP contribution in [0.15, 0.2) is 60.7 Å². The zero-order valence-electron chi connectivity index (χ0n) is 13.6. The number of halogens is 1. The number of carbonyl (C=O) groups excluding carboxylic acids is 1. The van der Waals surface area contributed by atoms with Crippen LogP contribution in [-0.4, -0.2) is 12.5 Å². The molecule has 0 radical (unpaired) electrons. The minimum atomic E-state index is -0.0728. The first-order valence-electron chi connectivity index (χ1n) is 8.20. The van der Waals surface area contributed by atoms with E-state index in [0.29, 0.717) is 11.4 Å². The maximum atomic E-state index is 12.8. The monoisotopic (exact) mass is 345 g/mol. The molecule has 25 heavy (non-hydrogen) atoms. The Hall–Kier alpha value is -2.76. The summed E-state index contributed by atoms with van der Waals surface area (Å²) in [7, 11) is 0. The molecule has 0 N–H and O–H groups in total. The summed E-state index contributed by atoms with van der Waals surface area (Å²) in [6, 6.07) is 20.0. The molecule has 122 valence electrons. The minimum absolute atomic E-state index is 0.0330. The number of nitrogens with zero attached hydrogens (tertiary/aromatic N) is 1. The van der Waals surface area contributed by atoms with Gasteiger partial charge in [-0.3, -0.25) is 4.79 Å². The standard InChI is InChI=1S/C22H16ClNO/c1-2-13-24-20-12-11-15-7-3-4-8-16(15)22(20)18(14-21(24)25)17-9-5-6-10-19(17)23/h1,3-12,18H,13-14H2. The Bertz CT molecular complexity index is 1020. The Morgan fingerprint density at radius 3 is 2.64 bits per heavy atom. The Morgan fingerprint density at radius 1 is 1.08 bits per heavy atom. The van der Waals surface area contributed by atoms with E-state index in [1.165, 1.54) is 0 Å². The van der Waals surface area contributed by atoms with E-state index in [1.54, 1.807) is 4.90 Å². The highest BCUT2D eigenvalue weighted by Gasteiger charge is 2.34. The topological polar surface area (TPSA) is 20.3 Å². The number of benzene rings is 3. The SMILES string of the molecule is C#CCN1C(=O)CC(c2ccccc2Cl)c2c1ccc1ccccc21. The number of carbonyl (C=O) groups is 1. The van der Waals surface area contributed by atoms with Gasteiger partial charge in [0.15, 0.2) is 0 Å². The van der Waals surface area contributed by atoms with Crippen molar-refractivity contribution in [2.75, 3.05) is 11.4 Å². The Labute approximate surface area is 152 Å². The van der Waals surface area contributed by atoms with Crippen LogP contribution in [0, 0.1) is 12.3 Å². The average Bonchev–Trinajstić information content (AvgIpc) is 2.64. The van der Waals surface area contributed by atoms with Gasteiger partial charge in [-0.05, 0) is 34.0 Å². The highest BCUT2D eigenvalue weighted by atomic mass is 35.5. The first-order chi connectivity index (χ1) is 12.2. The summed E-state index contributed by atoms with van der Waals surface area (Å²) in [5.74, 6) is 2.56. The van der Waals surface area contributed by atoms with Gasteiger partial charge in [0.25, 0.3) is 0 Å². The van der Waals surface area contributed by atoms with E-state index >= 15 is 0 Å². The summed E-state index contributed by atoms with van der Waals surface area (Å²) in [4.78, 5) is 14.5. The third kappa shape index (κ3) is 2.58. The maximum absolute atomic E-state index is 12.8. The normalized spacial score (nSPS) is 16.6. The van der Waals surface area contributed by atoms with Gasteiger partial charge in [0.2, 0.25) is 5.91 Å². The molecule has 0 bridgehead atoms. The zero-order valence-corrected chi connectivity index (χ0v) is 14.3. The van der Waals surface area contributed by atoms with E-state index in [-0.39, 0.29) is 18.4 Å². The molecular formula is C22H16ClNO. The smallest absolute Gasteiger partial charge is 0.228 e. The predicted molar refractivity (Wildman–Crippen MR) is 103 cm³/mol. The Kier molecular flexibility index (Phi) is 3.95. The molecule has 2 nitrogen and oxygen atoms in total. The van der Waals surface area contributed by atoms with Gasteiger partial charge in [-0.25, -0.2) is 0 Å². The molecule has 1 unspecified atom stereocenters. The van der Waals surface area contributed by atoms with Crippen molar-refractivity contribution in [3.63, 3.8) is 0 Å². The van der Waals surface area contributed by atoms with Crippen LogP contribution in [0.25, 0.3) is 10.8 Å². The van der Waals surface area contributed by atoms with Crippen molar-refractivity contribution in [2.45, 2.75) is 12.3 Å². The molecule has 1 amide bonds. The second-order valence-corrected chi connectivity index (χ2v) is 6.59. The Balaban J connectivity index is 2.02. The lowest BCUT2D eigenvalue weighted by atomic mass is 9.81. The highest BCUT2D eigenvalue weighted by Crippen LogP contribution is 2.45. The molecule has 4 rings (SSSR count). The van der Waals surface area contributed by atoms with E-state index < -0.39 is 0 Å². The lowest BCUT2D eigenvalue weighted by molar-refractivity contribution is -0.119. The van der Waals surface area contributed by atoms with Gasteiger partial charge in [-0.2, -0.15) is 0 Å². The van der Waals surface area contributed by atoms with Crippen LogP contribution in [0.1, 0.15) is 23.5 Å². The lowest BCUT2D eigenvalue weighted by Crippen LogP contribution is -2.37. The predicted octanol–water partition coefficient (Wildman–Crippen LogP) is 5.00. The molecular weight excluding hydrogens is 330 g/mol. The van der Waals surface area contributed by atoms with Gasteiger partial charge in [-0.15, -0.1) is 6.42 Å². The first kappa shape index (κ1) is 15.7. The molecule has 1 aliphatic heterocycles. The largest absolute Gasteiger partial charge is 0.300 e. The van der Waals surface area contributed by atoms with E-state index in [9.17, 15) is 4.79 Å². The van der Waals surface area contributed by atoms with E-state index in [1.807, 2.05) is 48.5 Å². The molecule has 0 aromatic heterocycles. The van der Waals surface area contributed by atoms with Crippen molar-refractivity contribution < 1.29 is 4.79 Å². The summed E-state index contributed by atoms with van der Waals surface area (Å²) in [6.07, 6.45) is 5.86. The van der Waals surface area contributed by atoms with Gasteiger partial charge in [0.05, 0.1) is 6.54 Å². The summed E-state index contributed by atoms with van der Waals surface area (Å²) < 4.78 is 0. The van der Waals surface area contributed by atoms with Crippen LogP contribution < -0.4 is 4.90 Å². The number of rotatable bonds is 2. The van der Waals surface area contributed by atoms with Crippen LogP contribution in [0.2, 0.25) is 5.02 Å². The molecule has 0 saturated carbocycles. The number of terminal acetylenes is 1. The molecule has 1 aliphatic rings. The fourth-order valence-corrected chi connectivity index (χ4v) is 3.96. The number of hydrogen-bond donors (Lipinski definition) is 0. The summed E-state index contributed by atoms with van der Waals surface area (Å²) in [5.41, 5.74) is 2.99. The summed E-state index contributed by atoms with van der Waals surface area (Å²) in [5, 5.41) is 2.97. The van der Waals surface area contributed by atoms with Gasteiger partial charge >= 0.3 is 0 Å². The van der Waals surface area contributed by atoms with Crippen molar-refractivity contribution in [1.82, 2.24) is 0 Å². The fourth-order valence-electron chi connectivity index (χ4n) is 3.69. The van der Waals surface area contributed by atoms with Gasteiger partial charge < -0.3 is 4.90 Å². The molecule has 1 atom stereocenters. The molecule has 3 aromatic carbocycles. The van der Waals surface area contributed by atoms with Crippen LogP contribution in [0.3, 0.4) is 0 Å². The van der Waals surface area contributed by atoms with Crippen molar-refractivity contribution >= 4 is 34.0 Å². The van der Waals surface area contributed by atoms with Crippen molar-refractivity contribution in [3.05, 3.63) is 76.8 Å². The highest BCUT2D eigenvalue weighted by molar-refractivity contribution is 6.31. The van der Waals surface area contributed by atoms with Gasteiger partial charge in [0, 0.05) is 23.0 Å². The summed E-state index contributed by atoms with van der Waals surface area (Å²) in [6.45, 7) is 0.277. The van der Waals surface area contributed by atoms with Crippen LogP contribution in [-0.2, 0) is 4.79 Å². The van der Waals surface area contributed by atoms with Gasteiger partial charge in [0.1, 0.15) is 0 Å². The third-order valence-corrected chi connectivity index (χ3v) is 5.14. The number of anilines is 1. The third-order valence-electron chi connectivity index (χ3n) is 4.80. The molecule has 0 spiro atoms. The second-order valence-electron chi connectivity index (χ2n) is 6.18. The van der Waals surface area contributed by atoms with E-state index in [4.69, 9.17) is 18.0 Å². The van der Waals surface area contributed by atoms with Gasteiger partial charge in [-0.1, -0.05) is 66.1 Å². The second kappa shape index (κ2) is 6.27. The summed E-state index contributed by atoms with van der Waals surface area (Å²) >= 11 is 6.46. The van der Waals surface area contributed by atoms with Crippen LogP contribution in [0.4, 0.5) is 5.69 Å². The molecule has 0 saturated heterocycles. The van der Waals surface area contributed by atoms with Crippen molar-refractivity contribution in [3.8, 4) is 12.3 Å². The minimum Gasteiger partial charge on any atom is -0.300 e. The average molecular weight is 346 g/mol. The van der Waals surface area contributed by atoms with Crippen LogP contribution >= 0.6 is 11.6 Å². The molecule has 1 heterocycles. The molecule has 0 fully saturated rings. The van der Waals surface area contributed by atoms with Crippen molar-refractivity contribution in [1.29, 1.82) is 0 Å². The van der Waals surface area contributed by atoms with E-state index in [2.05, 4.69) is 18.1 Å². The molecule has 3 aromatic rings. The fraction of sp³-hybridized carbons (Fsp3) is 0.136.